The summed E-state index contributed by atoms with van der Waals surface area (Å²) in [5.41, 5.74) is -0.0159. The van der Waals surface area contributed by atoms with E-state index >= 15 is 0 Å². The van der Waals surface area contributed by atoms with Crippen molar-refractivity contribution in [1.82, 2.24) is 5.32 Å². The van der Waals surface area contributed by atoms with Crippen LogP contribution in [0.1, 0.15) is 6.92 Å². The zero-order chi connectivity index (χ0) is 13.7. The fourth-order valence-corrected chi connectivity index (χ4v) is 1.92. The van der Waals surface area contributed by atoms with Crippen molar-refractivity contribution >= 4 is 38.9 Å². The minimum Gasteiger partial charge on any atom is -0.383 e. The van der Waals surface area contributed by atoms with Crippen molar-refractivity contribution in [2.75, 3.05) is 19.0 Å². The highest BCUT2D eigenvalue weighted by molar-refractivity contribution is 9.10. The molecule has 100 valence electrons. The predicted molar refractivity (Wildman–Crippen MR) is 74.8 cm³/mol. The van der Waals surface area contributed by atoms with E-state index in [1.54, 1.807) is 7.11 Å². The number of methoxy groups -OCH3 is 1. The molecule has 0 heterocycles. The van der Waals surface area contributed by atoms with Gasteiger partial charge in [0, 0.05) is 19.2 Å². The Morgan fingerprint density at radius 2 is 2.11 bits per heavy atom. The Balaban J connectivity index is 2.67. The van der Waals surface area contributed by atoms with Gasteiger partial charge in [-0.15, -0.1) is 0 Å². The highest BCUT2D eigenvalue weighted by Gasteiger charge is 2.10. The molecule has 18 heavy (non-hydrogen) atoms. The van der Waals surface area contributed by atoms with Crippen LogP contribution in [0.15, 0.2) is 16.6 Å². The van der Waals surface area contributed by atoms with Crippen molar-refractivity contribution in [3.05, 3.63) is 28.2 Å². The second-order valence-corrected chi connectivity index (χ2v) is 4.96. The van der Waals surface area contributed by atoms with Crippen LogP contribution in [0.3, 0.4) is 0 Å². The van der Waals surface area contributed by atoms with Gasteiger partial charge in [0.2, 0.25) is 0 Å². The van der Waals surface area contributed by atoms with Gasteiger partial charge in [-0.25, -0.2) is 8.78 Å². The van der Waals surface area contributed by atoms with Crippen molar-refractivity contribution < 1.29 is 13.5 Å². The first-order valence-corrected chi connectivity index (χ1v) is 6.35. The van der Waals surface area contributed by atoms with Gasteiger partial charge >= 0.3 is 0 Å². The van der Waals surface area contributed by atoms with Gasteiger partial charge in [0.1, 0.15) is 11.6 Å². The molecular weight excluding hydrogens is 326 g/mol. The predicted octanol–water partition coefficient (Wildman–Crippen LogP) is 3.05. The number of halogens is 3. The largest absolute Gasteiger partial charge is 0.383 e. The van der Waals surface area contributed by atoms with Crippen molar-refractivity contribution in [1.29, 1.82) is 0 Å². The SMILES string of the molecule is COCC(C)NC(=S)Nc1cc(F)c(Br)cc1F. The highest BCUT2D eigenvalue weighted by Crippen LogP contribution is 2.23. The van der Waals surface area contributed by atoms with E-state index in [4.69, 9.17) is 17.0 Å². The molecule has 2 N–H and O–H groups in total. The lowest BCUT2D eigenvalue weighted by molar-refractivity contribution is 0.179. The summed E-state index contributed by atoms with van der Waals surface area (Å²) in [7, 11) is 1.57. The van der Waals surface area contributed by atoms with Gasteiger partial charge in [-0.2, -0.15) is 0 Å². The lowest BCUT2D eigenvalue weighted by atomic mass is 10.3. The normalized spacial score (nSPS) is 12.1. The summed E-state index contributed by atoms with van der Waals surface area (Å²) in [6.45, 7) is 2.31. The Kier molecular flexibility index (Phi) is 5.90. The Hall–Kier alpha value is -0.790. The van der Waals surface area contributed by atoms with Crippen molar-refractivity contribution in [2.24, 2.45) is 0 Å². The number of rotatable bonds is 4. The average Bonchev–Trinajstić information content (AvgIpc) is 2.26. The van der Waals surface area contributed by atoms with Gasteiger partial charge in [-0.05, 0) is 41.1 Å². The van der Waals surface area contributed by atoms with Gasteiger partial charge in [-0.3, -0.25) is 0 Å². The fourth-order valence-electron chi connectivity index (χ4n) is 1.29. The van der Waals surface area contributed by atoms with Crippen LogP contribution in [-0.2, 0) is 4.74 Å². The van der Waals surface area contributed by atoms with E-state index in [1.165, 1.54) is 0 Å². The summed E-state index contributed by atoms with van der Waals surface area (Å²) in [6, 6.07) is 2.05. The highest BCUT2D eigenvalue weighted by atomic mass is 79.9. The van der Waals surface area contributed by atoms with Crippen LogP contribution in [0.25, 0.3) is 0 Å². The smallest absolute Gasteiger partial charge is 0.171 e. The van der Waals surface area contributed by atoms with Gasteiger partial charge in [-0.1, -0.05) is 0 Å². The first-order chi connectivity index (χ1) is 8.43. The number of ether oxygens (including phenoxy) is 1. The van der Waals surface area contributed by atoms with E-state index in [2.05, 4.69) is 26.6 Å². The van der Waals surface area contributed by atoms with Crippen LogP contribution >= 0.6 is 28.1 Å². The Labute approximate surface area is 118 Å². The Morgan fingerprint density at radius 1 is 1.44 bits per heavy atom. The molecule has 0 aliphatic heterocycles. The number of thiocarbonyl (C=S) groups is 1. The molecule has 1 unspecified atom stereocenters. The molecular formula is C11H13BrF2N2OS. The first kappa shape index (κ1) is 15.3. The minimum atomic E-state index is -0.591. The number of anilines is 1. The van der Waals surface area contributed by atoms with Crippen molar-refractivity contribution in [3.63, 3.8) is 0 Å². The maximum atomic E-state index is 13.5. The molecule has 1 atom stereocenters. The third-order valence-corrected chi connectivity index (χ3v) is 2.88. The zero-order valence-corrected chi connectivity index (χ0v) is 12.3. The molecule has 0 bridgehead atoms. The summed E-state index contributed by atoms with van der Waals surface area (Å²) >= 11 is 7.88. The monoisotopic (exact) mass is 338 g/mol. The minimum absolute atomic E-state index is 0.0159. The van der Waals surface area contributed by atoms with Gasteiger partial charge in [0.25, 0.3) is 0 Å². The second kappa shape index (κ2) is 6.96. The molecule has 1 aromatic carbocycles. The fraction of sp³-hybridized carbons (Fsp3) is 0.364. The topological polar surface area (TPSA) is 33.3 Å². The molecule has 0 saturated heterocycles. The molecule has 0 spiro atoms. The molecule has 1 rings (SSSR count). The second-order valence-electron chi connectivity index (χ2n) is 3.70. The molecule has 0 aromatic heterocycles. The molecule has 0 radical (unpaired) electrons. The van der Waals surface area contributed by atoms with Crippen molar-refractivity contribution in [2.45, 2.75) is 13.0 Å². The van der Waals surface area contributed by atoms with E-state index < -0.39 is 11.6 Å². The van der Waals surface area contributed by atoms with Crippen LogP contribution in [0.2, 0.25) is 0 Å². The van der Waals surface area contributed by atoms with E-state index in [0.29, 0.717) is 6.61 Å². The molecule has 7 heteroatoms. The maximum Gasteiger partial charge on any atom is 0.171 e. The lowest BCUT2D eigenvalue weighted by Crippen LogP contribution is -2.38. The lowest BCUT2D eigenvalue weighted by Gasteiger charge is -2.16. The summed E-state index contributed by atoms with van der Waals surface area (Å²) < 4.78 is 31.8. The van der Waals surface area contributed by atoms with Crippen LogP contribution < -0.4 is 10.6 Å². The quantitative estimate of drug-likeness (QED) is 0.653. The molecule has 3 nitrogen and oxygen atoms in total. The molecule has 0 aliphatic carbocycles. The van der Waals surface area contributed by atoms with Gasteiger partial charge < -0.3 is 15.4 Å². The van der Waals surface area contributed by atoms with Crippen LogP contribution in [0.5, 0.6) is 0 Å². The van der Waals surface area contributed by atoms with Crippen molar-refractivity contribution in [3.8, 4) is 0 Å². The molecule has 0 fully saturated rings. The summed E-state index contributed by atoms with van der Waals surface area (Å²) in [4.78, 5) is 0. The number of benzene rings is 1. The van der Waals surface area contributed by atoms with E-state index in [9.17, 15) is 8.78 Å². The van der Waals surface area contributed by atoms with Crippen LogP contribution in [-0.4, -0.2) is 24.9 Å². The number of hydrogen-bond donors (Lipinski definition) is 2. The summed E-state index contributed by atoms with van der Waals surface area (Å²) in [5, 5.41) is 5.69. The van der Waals surface area contributed by atoms with E-state index in [0.717, 1.165) is 12.1 Å². The van der Waals surface area contributed by atoms with Crippen LogP contribution in [0.4, 0.5) is 14.5 Å². The zero-order valence-electron chi connectivity index (χ0n) is 9.89. The molecule has 0 aliphatic rings. The van der Waals surface area contributed by atoms with E-state index in [-0.39, 0.29) is 21.3 Å². The number of hydrogen-bond acceptors (Lipinski definition) is 2. The molecule has 0 saturated carbocycles. The summed E-state index contributed by atoms with van der Waals surface area (Å²) in [6.07, 6.45) is 0. The van der Waals surface area contributed by atoms with Crippen LogP contribution in [0, 0.1) is 11.6 Å². The molecule has 0 amide bonds. The van der Waals surface area contributed by atoms with Gasteiger partial charge in [0.15, 0.2) is 5.11 Å². The Bertz CT molecular complexity index is 445. The van der Waals surface area contributed by atoms with Gasteiger partial charge in [0.05, 0.1) is 16.8 Å². The maximum absolute atomic E-state index is 13.5. The van der Waals surface area contributed by atoms with E-state index in [1.807, 2.05) is 6.92 Å². The Morgan fingerprint density at radius 3 is 2.72 bits per heavy atom. The summed E-state index contributed by atoms with van der Waals surface area (Å²) in [5.74, 6) is -1.15. The standard InChI is InChI=1S/C11H13BrF2N2OS/c1-6(5-17-2)15-11(18)16-10-4-8(13)7(12)3-9(10)14/h3-4,6H,5H2,1-2H3,(H2,15,16,18). The average molecular weight is 339 g/mol. The third kappa shape index (κ3) is 4.47. The third-order valence-electron chi connectivity index (χ3n) is 2.05. The first-order valence-electron chi connectivity index (χ1n) is 5.15. The molecule has 1 aromatic rings. The number of nitrogens with one attached hydrogen (secondary N) is 2.